The molecule has 2 atom stereocenters. The molecule has 0 unspecified atom stereocenters. The highest BCUT2D eigenvalue weighted by Gasteiger charge is 2.32. The molecule has 1 aliphatic carbocycles. The molecule has 2 aliphatic rings. The maximum Gasteiger partial charge on any atom is 0.387 e. The van der Waals surface area contributed by atoms with Crippen LogP contribution < -0.4 is 26.6 Å². The quantitative estimate of drug-likeness (QED) is 0.825. The Labute approximate surface area is 153 Å². The van der Waals surface area contributed by atoms with E-state index >= 15 is 0 Å². The first-order valence-electron chi connectivity index (χ1n) is 9.13. The highest BCUT2D eigenvalue weighted by molar-refractivity contribution is 5.90. The van der Waals surface area contributed by atoms with E-state index in [1.165, 1.54) is 4.57 Å². The minimum atomic E-state index is -3.07. The number of nitrogens with two attached hydrogens (primary N) is 1. The number of nitrogens with one attached hydrogen (secondary N) is 1. The van der Waals surface area contributed by atoms with Gasteiger partial charge >= 0.3 is 12.3 Å². The van der Waals surface area contributed by atoms with Crippen LogP contribution in [0.4, 0.5) is 14.5 Å². The molecule has 0 spiro atoms. The smallest absolute Gasteiger partial charge is 0.387 e. The van der Waals surface area contributed by atoms with Crippen LogP contribution in [0, 0.1) is 5.92 Å². The predicted octanol–water partition coefficient (Wildman–Crippen LogP) is 1.80. The zero-order chi connectivity index (χ0) is 19.3. The van der Waals surface area contributed by atoms with Crippen LogP contribution in [0.2, 0.25) is 0 Å². The van der Waals surface area contributed by atoms with Gasteiger partial charge in [-0.05, 0) is 44.2 Å². The molecule has 9 heteroatoms. The molecule has 0 bridgehead atoms. The lowest BCUT2D eigenvalue weighted by atomic mass is 10.0. The van der Waals surface area contributed by atoms with Crippen LogP contribution in [0.25, 0.3) is 10.9 Å². The average molecular weight is 380 g/mol. The second-order valence-corrected chi connectivity index (χ2v) is 7.40. The maximum absolute atomic E-state index is 13.2. The van der Waals surface area contributed by atoms with Crippen molar-refractivity contribution in [2.24, 2.45) is 11.7 Å². The number of benzene rings is 1. The van der Waals surface area contributed by atoms with Crippen molar-refractivity contribution in [1.82, 2.24) is 9.55 Å². The summed E-state index contributed by atoms with van der Waals surface area (Å²) in [6, 6.07) is 3.06. The molecule has 1 saturated carbocycles. The van der Waals surface area contributed by atoms with E-state index in [1.54, 1.807) is 12.1 Å². The lowest BCUT2D eigenvalue weighted by Gasteiger charge is -2.24. The monoisotopic (exact) mass is 380 g/mol. The number of ether oxygens (including phenoxy) is 1. The molecule has 3 N–H and O–H groups in total. The van der Waals surface area contributed by atoms with E-state index in [1.807, 2.05) is 11.8 Å². The number of nitrogens with zero attached hydrogens (tertiary/aromatic N) is 2. The van der Waals surface area contributed by atoms with Gasteiger partial charge in [-0.3, -0.25) is 14.3 Å². The molecule has 2 aromatic rings. The van der Waals surface area contributed by atoms with Gasteiger partial charge in [0.25, 0.3) is 5.56 Å². The standard InChI is InChI=1S/C18H22F2N4O3/c1-9(21)10-6-7-23(8-10)13-5-4-12-14(15(13)27-17(19)20)24(11-2-3-11)18(26)22-16(12)25/h4-5,9-11,17H,2-3,6-8,21H2,1H3,(H,22,25,26)/t9-,10-/m0/s1. The Bertz CT molecular complexity index is 981. The van der Waals surface area contributed by atoms with Gasteiger partial charge in [0.05, 0.1) is 11.1 Å². The Balaban J connectivity index is 1.93. The molecule has 1 aromatic heterocycles. The van der Waals surface area contributed by atoms with E-state index in [2.05, 4.69) is 4.98 Å². The first-order chi connectivity index (χ1) is 12.9. The Kier molecular flexibility index (Phi) is 4.41. The van der Waals surface area contributed by atoms with Gasteiger partial charge < -0.3 is 15.4 Å². The van der Waals surface area contributed by atoms with Crippen LogP contribution >= 0.6 is 0 Å². The summed E-state index contributed by atoms with van der Waals surface area (Å²) in [5.74, 6) is 0.132. The molecule has 7 nitrogen and oxygen atoms in total. The first-order valence-corrected chi connectivity index (χ1v) is 9.13. The molecule has 1 saturated heterocycles. The zero-order valence-electron chi connectivity index (χ0n) is 15.0. The van der Waals surface area contributed by atoms with Gasteiger partial charge in [0, 0.05) is 25.2 Å². The zero-order valence-corrected chi connectivity index (χ0v) is 15.0. The van der Waals surface area contributed by atoms with Crippen LogP contribution in [0.5, 0.6) is 5.75 Å². The van der Waals surface area contributed by atoms with Crippen molar-refractivity contribution in [2.45, 2.75) is 44.9 Å². The van der Waals surface area contributed by atoms with E-state index in [0.29, 0.717) is 18.8 Å². The Morgan fingerprint density at radius 1 is 1.26 bits per heavy atom. The van der Waals surface area contributed by atoms with Gasteiger partial charge in [-0.2, -0.15) is 8.78 Å². The van der Waals surface area contributed by atoms with E-state index in [-0.39, 0.29) is 34.7 Å². The van der Waals surface area contributed by atoms with Crippen molar-refractivity contribution in [1.29, 1.82) is 0 Å². The minimum absolute atomic E-state index is 0.0117. The number of aromatic nitrogens is 2. The van der Waals surface area contributed by atoms with Crippen LogP contribution in [0.1, 0.15) is 32.2 Å². The fraction of sp³-hybridized carbons (Fsp3) is 0.556. The number of hydrogen-bond acceptors (Lipinski definition) is 5. The molecule has 0 amide bonds. The first kappa shape index (κ1) is 18.0. The Hall–Kier alpha value is -2.42. The molecule has 2 heterocycles. The summed E-state index contributed by atoms with van der Waals surface area (Å²) in [4.78, 5) is 28.9. The summed E-state index contributed by atoms with van der Waals surface area (Å²) in [5.41, 5.74) is 5.40. The molecule has 146 valence electrons. The summed E-state index contributed by atoms with van der Waals surface area (Å²) in [7, 11) is 0. The number of aromatic amines is 1. The number of anilines is 1. The molecule has 4 rings (SSSR count). The molecule has 2 fully saturated rings. The van der Waals surface area contributed by atoms with Crippen molar-refractivity contribution in [3.8, 4) is 5.75 Å². The molecule has 27 heavy (non-hydrogen) atoms. The largest absolute Gasteiger partial charge is 0.430 e. The van der Waals surface area contributed by atoms with Gasteiger partial charge in [-0.15, -0.1) is 0 Å². The summed E-state index contributed by atoms with van der Waals surface area (Å²) in [6.07, 6.45) is 2.36. The molecular formula is C18H22F2N4O3. The van der Waals surface area contributed by atoms with E-state index < -0.39 is 17.9 Å². The van der Waals surface area contributed by atoms with Crippen LogP contribution in [-0.2, 0) is 0 Å². The van der Waals surface area contributed by atoms with Crippen molar-refractivity contribution < 1.29 is 13.5 Å². The van der Waals surface area contributed by atoms with Crippen LogP contribution in [0.3, 0.4) is 0 Å². The van der Waals surface area contributed by atoms with E-state index in [0.717, 1.165) is 19.3 Å². The highest BCUT2D eigenvalue weighted by Crippen LogP contribution is 2.42. The normalized spacial score (nSPS) is 21.2. The SMILES string of the molecule is C[C@H](N)[C@H]1CCN(c2ccc3c(=O)[nH]c(=O)n(C4CC4)c3c2OC(F)F)C1. The van der Waals surface area contributed by atoms with Crippen molar-refractivity contribution in [3.63, 3.8) is 0 Å². The third kappa shape index (κ3) is 3.20. The molecule has 1 aliphatic heterocycles. The van der Waals surface area contributed by atoms with Gasteiger partial charge in [0.1, 0.15) is 5.52 Å². The average Bonchev–Trinajstić information content (AvgIpc) is 3.30. The predicted molar refractivity (Wildman–Crippen MR) is 97.7 cm³/mol. The third-order valence-corrected chi connectivity index (χ3v) is 5.46. The van der Waals surface area contributed by atoms with Gasteiger partial charge in [-0.25, -0.2) is 4.79 Å². The number of rotatable bonds is 5. The summed E-state index contributed by atoms with van der Waals surface area (Å²) < 4.78 is 32.7. The summed E-state index contributed by atoms with van der Waals surface area (Å²) >= 11 is 0. The topological polar surface area (TPSA) is 93.4 Å². The number of fused-ring (bicyclic) bond motifs is 1. The second kappa shape index (κ2) is 6.63. The van der Waals surface area contributed by atoms with Gasteiger partial charge in [-0.1, -0.05) is 0 Å². The summed E-state index contributed by atoms with van der Waals surface area (Å²) in [6.45, 7) is 0.117. The maximum atomic E-state index is 13.2. The van der Waals surface area contributed by atoms with Crippen LogP contribution in [-0.4, -0.2) is 35.3 Å². The van der Waals surface area contributed by atoms with E-state index in [9.17, 15) is 18.4 Å². The third-order valence-electron chi connectivity index (χ3n) is 5.46. The highest BCUT2D eigenvalue weighted by atomic mass is 19.3. The van der Waals surface area contributed by atoms with Crippen molar-refractivity contribution in [2.75, 3.05) is 18.0 Å². The Morgan fingerprint density at radius 3 is 2.59 bits per heavy atom. The van der Waals surface area contributed by atoms with E-state index in [4.69, 9.17) is 10.5 Å². The number of halogens is 2. The Morgan fingerprint density at radius 2 is 2.00 bits per heavy atom. The fourth-order valence-electron chi connectivity index (χ4n) is 3.88. The second-order valence-electron chi connectivity index (χ2n) is 7.40. The lowest BCUT2D eigenvalue weighted by Crippen LogP contribution is -2.32. The van der Waals surface area contributed by atoms with Gasteiger partial charge in [0.15, 0.2) is 5.75 Å². The van der Waals surface area contributed by atoms with Crippen molar-refractivity contribution >= 4 is 16.6 Å². The molecule has 0 radical (unpaired) electrons. The van der Waals surface area contributed by atoms with Crippen molar-refractivity contribution in [3.05, 3.63) is 33.0 Å². The number of hydrogen-bond donors (Lipinski definition) is 2. The van der Waals surface area contributed by atoms with Crippen LogP contribution in [0.15, 0.2) is 21.7 Å². The number of alkyl halides is 2. The number of H-pyrrole nitrogens is 1. The lowest BCUT2D eigenvalue weighted by molar-refractivity contribution is -0.0487. The molecule has 1 aromatic carbocycles. The summed E-state index contributed by atoms with van der Waals surface area (Å²) in [5, 5.41) is 0.170. The molecular weight excluding hydrogens is 358 g/mol. The minimum Gasteiger partial charge on any atom is -0.430 e. The fourth-order valence-corrected chi connectivity index (χ4v) is 3.88. The van der Waals surface area contributed by atoms with Gasteiger partial charge in [0.2, 0.25) is 0 Å².